The number of ether oxygens (including phenoxy) is 1. The van der Waals surface area contributed by atoms with Crippen LogP contribution in [0.4, 0.5) is 10.1 Å². The van der Waals surface area contributed by atoms with Crippen molar-refractivity contribution in [2.45, 2.75) is 18.7 Å². The standard InChI is InChI=1S/C22H20FNO4S/c1-14-9-15(2)11-17(10-14)29(26,27)24-21-13-18(16-7-5-4-6-8-16)20(23)12-19(21)22(25)28-3/h4-13,24H,1-3H3. The Balaban J connectivity index is 2.14. The predicted octanol–water partition coefficient (Wildman–Crippen LogP) is 4.70. The number of esters is 1. The molecule has 0 saturated heterocycles. The van der Waals surface area contributed by atoms with E-state index < -0.39 is 21.8 Å². The maximum Gasteiger partial charge on any atom is 0.340 e. The highest BCUT2D eigenvalue weighted by Crippen LogP contribution is 2.31. The summed E-state index contributed by atoms with van der Waals surface area (Å²) in [6, 6.07) is 15.8. The molecule has 7 heteroatoms. The third-order valence-corrected chi connectivity index (χ3v) is 5.69. The molecule has 0 aliphatic rings. The maximum atomic E-state index is 14.7. The van der Waals surface area contributed by atoms with Gasteiger partial charge in [-0.05, 0) is 54.8 Å². The van der Waals surface area contributed by atoms with Gasteiger partial charge in [0, 0.05) is 5.56 Å². The van der Waals surface area contributed by atoms with E-state index in [0.717, 1.165) is 24.3 Å². The molecule has 3 aromatic rings. The van der Waals surface area contributed by atoms with Crippen LogP contribution in [-0.4, -0.2) is 21.5 Å². The molecule has 0 bridgehead atoms. The van der Waals surface area contributed by atoms with E-state index in [1.54, 1.807) is 44.2 Å². The molecule has 0 heterocycles. The van der Waals surface area contributed by atoms with Crippen molar-refractivity contribution in [3.05, 3.63) is 83.2 Å². The molecular formula is C22H20FNO4S. The zero-order chi connectivity index (χ0) is 21.2. The van der Waals surface area contributed by atoms with E-state index in [-0.39, 0.29) is 21.7 Å². The number of sulfonamides is 1. The Morgan fingerprint density at radius 3 is 2.17 bits per heavy atom. The van der Waals surface area contributed by atoms with E-state index in [1.807, 2.05) is 6.07 Å². The number of nitrogens with one attached hydrogen (secondary N) is 1. The van der Waals surface area contributed by atoms with Crippen molar-refractivity contribution in [1.82, 2.24) is 0 Å². The molecule has 150 valence electrons. The highest BCUT2D eigenvalue weighted by atomic mass is 32.2. The summed E-state index contributed by atoms with van der Waals surface area (Å²) >= 11 is 0. The summed E-state index contributed by atoms with van der Waals surface area (Å²) in [5, 5.41) is 0. The summed E-state index contributed by atoms with van der Waals surface area (Å²) in [7, 11) is -2.87. The van der Waals surface area contributed by atoms with Crippen LogP contribution in [0.3, 0.4) is 0 Å². The number of rotatable bonds is 5. The molecule has 29 heavy (non-hydrogen) atoms. The van der Waals surface area contributed by atoms with Gasteiger partial charge in [0.2, 0.25) is 0 Å². The van der Waals surface area contributed by atoms with E-state index in [1.165, 1.54) is 18.2 Å². The minimum absolute atomic E-state index is 0.0522. The molecule has 0 atom stereocenters. The van der Waals surface area contributed by atoms with Gasteiger partial charge < -0.3 is 4.74 Å². The van der Waals surface area contributed by atoms with Crippen molar-refractivity contribution in [2.75, 3.05) is 11.8 Å². The Hall–Kier alpha value is -3.19. The first-order chi connectivity index (χ1) is 13.7. The zero-order valence-electron chi connectivity index (χ0n) is 16.2. The second-order valence-corrected chi connectivity index (χ2v) is 8.35. The van der Waals surface area contributed by atoms with Crippen LogP contribution in [0.25, 0.3) is 11.1 Å². The number of carbonyl (C=O) groups excluding carboxylic acids is 1. The lowest BCUT2D eigenvalue weighted by Gasteiger charge is -2.15. The Kier molecular flexibility index (Phi) is 5.70. The van der Waals surface area contributed by atoms with Gasteiger partial charge in [-0.15, -0.1) is 0 Å². The average Bonchev–Trinajstić information content (AvgIpc) is 2.68. The number of carbonyl (C=O) groups is 1. The van der Waals surface area contributed by atoms with Crippen molar-refractivity contribution < 1.29 is 22.3 Å². The lowest BCUT2D eigenvalue weighted by Crippen LogP contribution is -2.17. The number of hydrogen-bond acceptors (Lipinski definition) is 4. The first-order valence-corrected chi connectivity index (χ1v) is 10.3. The molecule has 5 nitrogen and oxygen atoms in total. The summed E-state index contributed by atoms with van der Waals surface area (Å²) < 4.78 is 47.7. The highest BCUT2D eigenvalue weighted by Gasteiger charge is 2.22. The molecule has 0 spiro atoms. The molecule has 1 N–H and O–H groups in total. The number of aryl methyl sites for hydroxylation is 2. The van der Waals surface area contributed by atoms with Crippen molar-refractivity contribution in [2.24, 2.45) is 0 Å². The normalized spacial score (nSPS) is 11.2. The maximum absolute atomic E-state index is 14.7. The monoisotopic (exact) mass is 413 g/mol. The number of methoxy groups -OCH3 is 1. The Morgan fingerprint density at radius 1 is 0.966 bits per heavy atom. The fourth-order valence-electron chi connectivity index (χ4n) is 3.07. The molecule has 0 saturated carbocycles. The Morgan fingerprint density at radius 2 is 1.59 bits per heavy atom. The van der Waals surface area contributed by atoms with E-state index in [4.69, 9.17) is 4.74 Å². The lowest BCUT2D eigenvalue weighted by molar-refractivity contribution is 0.0601. The van der Waals surface area contributed by atoms with Crippen molar-refractivity contribution in [1.29, 1.82) is 0 Å². The molecular weight excluding hydrogens is 393 g/mol. The Bertz CT molecular complexity index is 1150. The average molecular weight is 413 g/mol. The van der Waals surface area contributed by atoms with Gasteiger partial charge in [0.15, 0.2) is 0 Å². The summed E-state index contributed by atoms with van der Waals surface area (Å²) in [5.41, 5.74) is 2.00. The highest BCUT2D eigenvalue weighted by molar-refractivity contribution is 7.92. The molecule has 0 amide bonds. The summed E-state index contributed by atoms with van der Waals surface area (Å²) in [6.07, 6.45) is 0. The number of benzene rings is 3. The van der Waals surface area contributed by atoms with Crippen LogP contribution in [0.2, 0.25) is 0 Å². The number of halogens is 1. The molecule has 3 rings (SSSR count). The molecule has 0 unspecified atom stereocenters. The third-order valence-electron chi connectivity index (χ3n) is 4.35. The van der Waals surface area contributed by atoms with Gasteiger partial charge in [-0.25, -0.2) is 17.6 Å². The van der Waals surface area contributed by atoms with Gasteiger partial charge in [-0.1, -0.05) is 36.4 Å². The quantitative estimate of drug-likeness (QED) is 0.616. The molecule has 0 radical (unpaired) electrons. The van der Waals surface area contributed by atoms with Crippen LogP contribution >= 0.6 is 0 Å². The van der Waals surface area contributed by atoms with E-state index in [0.29, 0.717) is 5.56 Å². The lowest BCUT2D eigenvalue weighted by atomic mass is 10.0. The fraction of sp³-hybridized carbons (Fsp3) is 0.136. The molecule has 0 fully saturated rings. The number of anilines is 1. The second kappa shape index (κ2) is 8.05. The first-order valence-electron chi connectivity index (χ1n) is 8.79. The van der Waals surface area contributed by atoms with Gasteiger partial charge in [0.05, 0.1) is 23.3 Å². The minimum atomic E-state index is -4.01. The fourth-order valence-corrected chi connectivity index (χ4v) is 4.33. The van der Waals surface area contributed by atoms with Gasteiger partial charge in [0.25, 0.3) is 10.0 Å². The summed E-state index contributed by atoms with van der Waals surface area (Å²) in [4.78, 5) is 12.2. The smallest absolute Gasteiger partial charge is 0.340 e. The van der Waals surface area contributed by atoms with E-state index in [2.05, 4.69) is 4.72 Å². The molecule has 0 aliphatic heterocycles. The van der Waals surface area contributed by atoms with Crippen LogP contribution in [0.5, 0.6) is 0 Å². The van der Waals surface area contributed by atoms with Crippen LogP contribution in [0, 0.1) is 19.7 Å². The minimum Gasteiger partial charge on any atom is -0.465 e. The van der Waals surface area contributed by atoms with E-state index >= 15 is 0 Å². The summed E-state index contributed by atoms with van der Waals surface area (Å²) in [6.45, 7) is 3.58. The molecule has 0 aromatic heterocycles. The van der Waals surface area contributed by atoms with Crippen LogP contribution in [0.1, 0.15) is 21.5 Å². The second-order valence-electron chi connectivity index (χ2n) is 6.66. The zero-order valence-corrected chi connectivity index (χ0v) is 17.0. The molecule has 3 aromatic carbocycles. The topological polar surface area (TPSA) is 72.5 Å². The van der Waals surface area contributed by atoms with Gasteiger partial charge in [-0.2, -0.15) is 0 Å². The third kappa shape index (κ3) is 4.46. The predicted molar refractivity (Wildman–Crippen MR) is 110 cm³/mol. The van der Waals surface area contributed by atoms with Gasteiger partial charge in [0.1, 0.15) is 5.82 Å². The SMILES string of the molecule is COC(=O)c1cc(F)c(-c2ccccc2)cc1NS(=O)(=O)c1cc(C)cc(C)c1. The van der Waals surface area contributed by atoms with Crippen LogP contribution in [-0.2, 0) is 14.8 Å². The first kappa shape index (κ1) is 20.5. The number of hydrogen-bond donors (Lipinski definition) is 1. The Labute approximate surface area is 169 Å². The summed E-state index contributed by atoms with van der Waals surface area (Å²) in [5.74, 6) is -1.51. The van der Waals surface area contributed by atoms with Gasteiger partial charge in [-0.3, -0.25) is 4.72 Å². The van der Waals surface area contributed by atoms with Crippen molar-refractivity contribution >= 4 is 21.7 Å². The van der Waals surface area contributed by atoms with Gasteiger partial charge >= 0.3 is 5.97 Å². The van der Waals surface area contributed by atoms with Crippen molar-refractivity contribution in [3.63, 3.8) is 0 Å². The van der Waals surface area contributed by atoms with E-state index in [9.17, 15) is 17.6 Å². The van der Waals surface area contributed by atoms with Crippen LogP contribution in [0.15, 0.2) is 65.6 Å². The van der Waals surface area contributed by atoms with Crippen LogP contribution < -0.4 is 4.72 Å². The molecule has 0 aliphatic carbocycles. The van der Waals surface area contributed by atoms with Crippen molar-refractivity contribution in [3.8, 4) is 11.1 Å². The largest absolute Gasteiger partial charge is 0.465 e.